The van der Waals surface area contributed by atoms with E-state index in [9.17, 15) is 95.9 Å². The molecule has 2 fully saturated rings. The predicted molar refractivity (Wildman–Crippen MR) is 254 cm³/mol. The van der Waals surface area contributed by atoms with E-state index in [0.717, 1.165) is 34.4 Å². The van der Waals surface area contributed by atoms with E-state index in [1.807, 2.05) is 0 Å². The number of carbonyl (C=O) groups is 2. The molecule has 0 spiro atoms. The van der Waals surface area contributed by atoms with Crippen molar-refractivity contribution in [3.8, 4) is 0 Å². The molecule has 0 bridgehead atoms. The van der Waals surface area contributed by atoms with Crippen molar-refractivity contribution < 1.29 is 368 Å². The minimum atomic E-state index is -6.27. The van der Waals surface area contributed by atoms with Gasteiger partial charge in [0.1, 0.15) is 24.4 Å². The maximum Gasteiger partial charge on any atom is 1.00 e. The largest absolute Gasteiger partial charge is 1.00 e. The van der Waals surface area contributed by atoms with Crippen LogP contribution in [-0.4, -0.2) is 111 Å². The number of nitrogen functional groups attached to an aromatic ring is 2. The van der Waals surface area contributed by atoms with Gasteiger partial charge in [-0.05, 0) is 36.4 Å². The molecule has 56 heteroatoms. The molecule has 2 aliphatic heterocycles. The van der Waals surface area contributed by atoms with E-state index in [1.54, 1.807) is 6.07 Å². The predicted octanol–water partition coefficient (Wildman–Crippen LogP) is -28.4. The molecule has 0 amide bonds. The molecule has 6 heterocycles. The number of nitrogens with one attached hydrogen (secondary N) is 2. The van der Waals surface area contributed by atoms with Crippen LogP contribution in [0.3, 0.4) is 0 Å². The second-order valence-corrected chi connectivity index (χ2v) is 26.4. The number of phosphoric ester groups is 2. The number of aliphatic hydroxyl groups is 2. The number of halogens is 2. The number of aliphatic hydroxyl groups excluding tert-OH is 2. The first-order valence-corrected chi connectivity index (χ1v) is 31.7. The Kier molecular flexibility index (Phi) is 42.0. The van der Waals surface area contributed by atoms with Crippen LogP contribution >= 0.6 is 78.8 Å². The Balaban J connectivity index is 0. The summed E-state index contributed by atoms with van der Waals surface area (Å²) in [6.07, 6.45) is -9.44. The number of esters is 2. The van der Waals surface area contributed by atoms with E-state index in [1.165, 1.54) is 30.3 Å². The third kappa shape index (κ3) is 26.6. The first-order chi connectivity index (χ1) is 37.9. The number of imidazole rings is 2. The molecule has 2 aliphatic rings. The summed E-state index contributed by atoms with van der Waals surface area (Å²) < 4.78 is 115. The molecule has 0 aliphatic carbocycles. The molecule has 6 aromatic rings. The van der Waals surface area contributed by atoms with Gasteiger partial charge in [-0.1, -0.05) is 31.9 Å². The summed E-state index contributed by atoms with van der Waals surface area (Å²) in [4.78, 5) is 159. The normalized spacial score (nSPS) is 22.0. The molecule has 2 aromatic carbocycles. The number of anilines is 2. The van der Waals surface area contributed by atoms with Crippen LogP contribution in [-0.2, 0) is 72.6 Å². The van der Waals surface area contributed by atoms with Crippen LogP contribution in [0.5, 0.6) is 0 Å². The number of fused-ring (bicyclic) bond motifs is 2. The van der Waals surface area contributed by atoms with Crippen molar-refractivity contribution >= 4 is 124 Å². The molecule has 90 heavy (non-hydrogen) atoms. The first-order valence-electron chi connectivity index (χ1n) is 21.3. The summed E-state index contributed by atoms with van der Waals surface area (Å²) in [5.41, 5.74) is 9.47. The van der Waals surface area contributed by atoms with Gasteiger partial charge in [-0.25, -0.2) is 38.1 Å². The zero-order valence-corrected chi connectivity index (χ0v) is 71.9. The van der Waals surface area contributed by atoms with Crippen molar-refractivity contribution in [1.82, 2.24) is 39.0 Å². The van der Waals surface area contributed by atoms with E-state index in [4.69, 9.17) is 30.4 Å². The summed E-state index contributed by atoms with van der Waals surface area (Å²) >= 11 is 6.33. The molecule has 4 unspecified atom stereocenters. The van der Waals surface area contributed by atoms with Gasteiger partial charge in [-0.15, -0.1) is 0 Å². The van der Waals surface area contributed by atoms with Crippen LogP contribution in [0.1, 0.15) is 33.2 Å². The van der Waals surface area contributed by atoms with Crippen LogP contribution in [0.25, 0.3) is 22.3 Å². The summed E-state index contributed by atoms with van der Waals surface area (Å²) in [6.45, 7) is -2.40. The Bertz CT molecular complexity index is 3880. The Morgan fingerprint density at radius 1 is 0.544 bits per heavy atom. The molecule has 12 atom stereocenters. The van der Waals surface area contributed by atoms with Crippen molar-refractivity contribution in [3.63, 3.8) is 0 Å². The number of nitrogens with zero attached hydrogens (tertiary/aromatic N) is 6. The zero-order valence-electron chi connectivity index (χ0n) is 47.4. The SMILES string of the molecule is Nc1ccc(Br)cc1C(=O)O[C@@H]1[C@H](O)[C@@H](COP(=O)([O-])OP(=O)([O-])OP(=O)([O-])[O-])O[C@H]1n1cnc2c(=O)[nH]cnc21.Nc1ccc(Br)cc1C(=O)O[C@H]1[C@@H](O)[C@H](n2cnc3c(=O)[nH]cnc32)O[C@@H]1COP(=O)([O-])OP(=O)([O-])OP(=O)([O-])[O-].[Na+].[Na+].[Na+].[Na+].[Na+].[Na+].[Na+].[Na+]. The van der Waals surface area contributed by atoms with Gasteiger partial charge in [0.05, 0.1) is 65.3 Å². The van der Waals surface area contributed by atoms with Crippen LogP contribution in [0, 0.1) is 0 Å². The maximum atomic E-state index is 13.0. The number of ether oxygens (including phenoxy) is 4. The van der Waals surface area contributed by atoms with E-state index in [2.05, 4.69) is 88.1 Å². The summed E-state index contributed by atoms with van der Waals surface area (Å²) in [6, 6.07) is 8.42. The van der Waals surface area contributed by atoms with Crippen LogP contribution in [0.4, 0.5) is 11.4 Å². The molecule has 8 N–H and O–H groups in total. The smallest absolute Gasteiger partial charge is 0.790 e. The molecule has 8 rings (SSSR count). The van der Waals surface area contributed by atoms with Crippen molar-refractivity contribution in [3.05, 3.63) is 102 Å². The fraction of sp³-hybridized carbons (Fsp3) is 0.294. The van der Waals surface area contributed by atoms with E-state index < -0.39 is 132 Å². The van der Waals surface area contributed by atoms with Crippen molar-refractivity contribution in [2.24, 2.45) is 0 Å². The molecule has 448 valence electrons. The molecule has 40 nitrogen and oxygen atoms in total. The number of phosphoric acid groups is 6. The first kappa shape index (κ1) is 95.4. The Hall–Kier alpha value is 3.30. The fourth-order valence-electron chi connectivity index (χ4n) is 7.22. The van der Waals surface area contributed by atoms with Crippen molar-refractivity contribution in [1.29, 1.82) is 0 Å². The summed E-state index contributed by atoms with van der Waals surface area (Å²) in [7, 11) is -36.9. The molecule has 0 radical (unpaired) electrons. The minimum absolute atomic E-state index is 0. The second kappa shape index (κ2) is 39.6. The monoisotopic (exact) mass is 1590 g/mol. The van der Waals surface area contributed by atoms with Gasteiger partial charge >= 0.3 is 248 Å². The standard InChI is InChI=1S/2C17H19BrN5O15P3.8Na/c18-7-1-2-9(19)8(3-7)17(26)36-13-10(4-34-40(30,31)38-41(32,33)37-39(27,28)29)35-16(12(13)24)23-6-22-11-14(23)20-5-21-15(11)25;18-7-1-2-9(19)8(3-7)17(26)36-13-12(24)10(4-34-40(30,31)38-41(32,33)37-39(27,28)29)35-16(13)23-6-22-11-14(23)20-5-21-15(11)25;;;;;;;;/h2*1-3,5-6,10,12-13,16,24H,4,19H2,(H,30,31)(H,32,33)(H,20,21,25)(H2,27,28,29);;;;;;;;/q;;8*+1/p-8/t2*10-,12-,13-,16-;;;;;;;;/m11......../s1. The van der Waals surface area contributed by atoms with Gasteiger partial charge in [0.15, 0.2) is 47.0 Å². The zero-order chi connectivity index (χ0) is 60.7. The van der Waals surface area contributed by atoms with Crippen molar-refractivity contribution in [2.45, 2.75) is 49.1 Å². The number of rotatable bonds is 20. The number of benzene rings is 2. The average molecular weight is 1590 g/mol. The Morgan fingerprint density at radius 2 is 0.911 bits per heavy atom. The third-order valence-electron chi connectivity index (χ3n) is 10.5. The third-order valence-corrected chi connectivity index (χ3v) is 18.8. The van der Waals surface area contributed by atoms with Crippen LogP contribution in [0.2, 0.25) is 0 Å². The van der Waals surface area contributed by atoms with Gasteiger partial charge in [-0.3, -0.25) is 45.6 Å². The van der Waals surface area contributed by atoms with Gasteiger partial charge < -0.3 is 108 Å². The topological polar surface area (TPSA) is 633 Å². The molecule has 2 saturated heterocycles. The van der Waals surface area contributed by atoms with E-state index in [-0.39, 0.29) is 281 Å². The minimum Gasteiger partial charge on any atom is -0.790 e. The van der Waals surface area contributed by atoms with Gasteiger partial charge in [-0.2, -0.15) is 0 Å². The Labute approximate surface area is 696 Å². The van der Waals surface area contributed by atoms with Crippen molar-refractivity contribution in [2.75, 3.05) is 24.7 Å². The number of aromatic nitrogens is 8. The van der Waals surface area contributed by atoms with Crippen LogP contribution < -0.4 is 298 Å². The van der Waals surface area contributed by atoms with Gasteiger partial charge in [0.2, 0.25) is 0 Å². The number of H-pyrrole nitrogens is 2. The summed E-state index contributed by atoms with van der Waals surface area (Å²) in [5.74, 6) is -2.16. The fourth-order valence-corrected chi connectivity index (χ4v) is 13.7. The van der Waals surface area contributed by atoms with Crippen LogP contribution in [0.15, 0.2) is 80.2 Å². The average Bonchev–Trinajstić information content (AvgIpc) is 1.64. The molecule has 4 aromatic heterocycles. The molecular formula is C34H30Br2N10Na8O30P6. The quantitative estimate of drug-likeness (QED) is 0.0179. The maximum absolute atomic E-state index is 13.0. The van der Waals surface area contributed by atoms with E-state index >= 15 is 0 Å². The number of nitrogens with two attached hydrogens (primary N) is 2. The number of hydrogen-bond donors (Lipinski definition) is 6. The van der Waals surface area contributed by atoms with E-state index in [0.29, 0.717) is 8.95 Å². The van der Waals surface area contributed by atoms with Gasteiger partial charge in [0.25, 0.3) is 42.4 Å². The van der Waals surface area contributed by atoms with Gasteiger partial charge in [0, 0.05) is 20.3 Å². The number of carbonyl (C=O) groups excluding carboxylic acids is 2. The molecular weight excluding hydrogens is 1560 g/mol. The second-order valence-electron chi connectivity index (χ2n) is 16.0. The number of aromatic amines is 2. The summed E-state index contributed by atoms with van der Waals surface area (Å²) in [5, 5.41) is 21.9. The molecule has 0 saturated carbocycles. The number of hydrogen-bond acceptors (Lipinski definition) is 36. The Morgan fingerprint density at radius 3 is 1.31 bits per heavy atom.